The summed E-state index contributed by atoms with van der Waals surface area (Å²) in [6.45, 7) is 9.13. The zero-order valence-electron chi connectivity index (χ0n) is 9.38. The van der Waals surface area contributed by atoms with Gasteiger partial charge in [-0.1, -0.05) is 0 Å². The Morgan fingerprint density at radius 2 is 1.85 bits per heavy atom. The van der Waals surface area contributed by atoms with E-state index in [4.69, 9.17) is 0 Å². The highest BCUT2D eigenvalue weighted by atomic mass is 15.2. The highest BCUT2D eigenvalue weighted by Crippen LogP contribution is 2.00. The maximum atomic E-state index is 3.52. The third-order valence-electron chi connectivity index (χ3n) is 2.87. The monoisotopic (exact) mass is 185 g/mol. The highest BCUT2D eigenvalue weighted by molar-refractivity contribution is 4.75. The molecule has 1 saturated heterocycles. The first-order valence-corrected chi connectivity index (χ1v) is 5.21. The predicted octanol–water partition coefficient (Wildman–Crippen LogP) is 0.230. The smallest absolute Gasteiger partial charge is 0.0192 e. The van der Waals surface area contributed by atoms with Gasteiger partial charge in [-0.3, -0.25) is 0 Å². The van der Waals surface area contributed by atoms with Crippen LogP contribution in [-0.4, -0.2) is 62.2 Å². The lowest BCUT2D eigenvalue weighted by molar-refractivity contribution is 0.205. The van der Waals surface area contributed by atoms with Gasteiger partial charge in [-0.2, -0.15) is 0 Å². The molecule has 0 aromatic carbocycles. The Morgan fingerprint density at radius 3 is 2.54 bits per heavy atom. The Morgan fingerprint density at radius 1 is 1.15 bits per heavy atom. The zero-order chi connectivity index (χ0) is 9.84. The van der Waals surface area contributed by atoms with Crippen molar-refractivity contribution >= 4 is 0 Å². The molecular formula is C10H23N3. The van der Waals surface area contributed by atoms with Crippen molar-refractivity contribution in [2.45, 2.75) is 25.9 Å². The zero-order valence-corrected chi connectivity index (χ0v) is 9.38. The molecule has 13 heavy (non-hydrogen) atoms. The maximum absolute atomic E-state index is 3.52. The van der Waals surface area contributed by atoms with E-state index >= 15 is 0 Å². The van der Waals surface area contributed by atoms with Crippen molar-refractivity contribution in [2.24, 2.45) is 0 Å². The molecule has 78 valence electrons. The largest absolute Gasteiger partial charge is 0.312 e. The first-order chi connectivity index (χ1) is 6.09. The van der Waals surface area contributed by atoms with E-state index < -0.39 is 0 Å². The van der Waals surface area contributed by atoms with Gasteiger partial charge in [0, 0.05) is 38.3 Å². The summed E-state index contributed by atoms with van der Waals surface area (Å²) in [7, 11) is 4.41. The SMILES string of the molecule is CC1CN(C)CC(C)N(C)CCN1. The molecule has 0 saturated carbocycles. The Kier molecular flexibility index (Phi) is 4.16. The molecule has 1 heterocycles. The van der Waals surface area contributed by atoms with Gasteiger partial charge in [-0.25, -0.2) is 0 Å². The molecule has 0 aliphatic carbocycles. The van der Waals surface area contributed by atoms with Crippen molar-refractivity contribution in [3.63, 3.8) is 0 Å². The molecule has 1 aliphatic rings. The van der Waals surface area contributed by atoms with Crippen LogP contribution in [0.5, 0.6) is 0 Å². The normalized spacial score (nSPS) is 35.1. The predicted molar refractivity (Wildman–Crippen MR) is 57.1 cm³/mol. The van der Waals surface area contributed by atoms with Crippen molar-refractivity contribution in [1.29, 1.82) is 0 Å². The second-order valence-corrected chi connectivity index (χ2v) is 4.41. The van der Waals surface area contributed by atoms with E-state index in [1.807, 2.05) is 0 Å². The van der Waals surface area contributed by atoms with Gasteiger partial charge in [0.1, 0.15) is 0 Å². The van der Waals surface area contributed by atoms with Crippen LogP contribution >= 0.6 is 0 Å². The lowest BCUT2D eigenvalue weighted by Gasteiger charge is -2.27. The van der Waals surface area contributed by atoms with Crippen molar-refractivity contribution in [1.82, 2.24) is 15.1 Å². The van der Waals surface area contributed by atoms with E-state index in [1.165, 1.54) is 6.54 Å². The minimum Gasteiger partial charge on any atom is -0.312 e. The Hall–Kier alpha value is -0.120. The minimum absolute atomic E-state index is 0.615. The van der Waals surface area contributed by atoms with Gasteiger partial charge < -0.3 is 15.1 Å². The van der Waals surface area contributed by atoms with Gasteiger partial charge in [0.05, 0.1) is 0 Å². The molecule has 0 bridgehead atoms. The summed E-state index contributed by atoms with van der Waals surface area (Å²) in [5.41, 5.74) is 0. The fourth-order valence-electron chi connectivity index (χ4n) is 1.90. The second-order valence-electron chi connectivity index (χ2n) is 4.41. The molecule has 0 radical (unpaired) electrons. The van der Waals surface area contributed by atoms with Crippen LogP contribution in [0, 0.1) is 0 Å². The Balaban J connectivity index is 2.48. The fraction of sp³-hybridized carbons (Fsp3) is 1.00. The van der Waals surface area contributed by atoms with Crippen LogP contribution in [0.3, 0.4) is 0 Å². The minimum atomic E-state index is 0.615. The van der Waals surface area contributed by atoms with Crippen LogP contribution in [-0.2, 0) is 0 Å². The van der Waals surface area contributed by atoms with E-state index in [1.54, 1.807) is 0 Å². The molecule has 2 atom stereocenters. The summed E-state index contributed by atoms with van der Waals surface area (Å²) in [4.78, 5) is 4.83. The van der Waals surface area contributed by atoms with Crippen LogP contribution in [0.4, 0.5) is 0 Å². The topological polar surface area (TPSA) is 18.5 Å². The van der Waals surface area contributed by atoms with Crippen LogP contribution in [0.2, 0.25) is 0 Å². The van der Waals surface area contributed by atoms with Gasteiger partial charge >= 0.3 is 0 Å². The molecule has 1 aliphatic heterocycles. The molecule has 1 fully saturated rings. The molecule has 3 heteroatoms. The number of hydrogen-bond acceptors (Lipinski definition) is 3. The summed E-state index contributed by atoms with van der Waals surface area (Å²) >= 11 is 0. The van der Waals surface area contributed by atoms with Gasteiger partial charge in [-0.15, -0.1) is 0 Å². The van der Waals surface area contributed by atoms with Gasteiger partial charge in [0.25, 0.3) is 0 Å². The van der Waals surface area contributed by atoms with Crippen LogP contribution in [0.25, 0.3) is 0 Å². The van der Waals surface area contributed by atoms with Crippen LogP contribution in [0.15, 0.2) is 0 Å². The lowest BCUT2D eigenvalue weighted by Crippen LogP contribution is -2.39. The van der Waals surface area contributed by atoms with Gasteiger partial charge in [0.15, 0.2) is 0 Å². The van der Waals surface area contributed by atoms with Crippen LogP contribution in [0.1, 0.15) is 13.8 Å². The van der Waals surface area contributed by atoms with E-state index in [2.05, 4.69) is 43.1 Å². The van der Waals surface area contributed by atoms with Crippen molar-refractivity contribution in [3.8, 4) is 0 Å². The average Bonchev–Trinajstić information content (AvgIpc) is 2.06. The van der Waals surface area contributed by atoms with E-state index in [0.717, 1.165) is 19.6 Å². The number of nitrogens with one attached hydrogen (secondary N) is 1. The Labute approximate surface area is 82.1 Å². The molecule has 2 unspecified atom stereocenters. The number of likely N-dealkylation sites (N-methyl/N-ethyl adjacent to an activating group) is 2. The summed E-state index contributed by atoms with van der Waals surface area (Å²) in [5.74, 6) is 0. The number of hydrogen-bond donors (Lipinski definition) is 1. The molecule has 0 aromatic rings. The molecule has 1 rings (SSSR count). The molecular weight excluding hydrogens is 162 g/mol. The molecule has 0 amide bonds. The maximum Gasteiger partial charge on any atom is 0.0192 e. The summed E-state index contributed by atoms with van der Waals surface area (Å²) in [6.07, 6.45) is 0. The van der Waals surface area contributed by atoms with E-state index in [9.17, 15) is 0 Å². The van der Waals surface area contributed by atoms with E-state index in [-0.39, 0.29) is 0 Å². The van der Waals surface area contributed by atoms with Gasteiger partial charge in [-0.05, 0) is 27.9 Å². The molecule has 3 nitrogen and oxygen atoms in total. The summed E-state index contributed by atoms with van der Waals surface area (Å²) in [5, 5.41) is 3.52. The average molecular weight is 185 g/mol. The third kappa shape index (κ3) is 3.63. The number of rotatable bonds is 0. The molecule has 0 aromatic heterocycles. The summed E-state index contributed by atoms with van der Waals surface area (Å²) < 4.78 is 0. The first-order valence-electron chi connectivity index (χ1n) is 5.21. The lowest BCUT2D eigenvalue weighted by atomic mass is 10.2. The fourth-order valence-corrected chi connectivity index (χ4v) is 1.90. The second kappa shape index (κ2) is 4.94. The van der Waals surface area contributed by atoms with Crippen molar-refractivity contribution < 1.29 is 0 Å². The van der Waals surface area contributed by atoms with Crippen molar-refractivity contribution in [2.75, 3.05) is 40.3 Å². The molecule has 1 N–H and O–H groups in total. The van der Waals surface area contributed by atoms with E-state index in [0.29, 0.717) is 12.1 Å². The highest BCUT2D eigenvalue weighted by Gasteiger charge is 2.15. The Bertz CT molecular complexity index is 149. The summed E-state index contributed by atoms with van der Waals surface area (Å²) in [6, 6.07) is 1.28. The van der Waals surface area contributed by atoms with Crippen molar-refractivity contribution in [3.05, 3.63) is 0 Å². The van der Waals surface area contributed by atoms with Gasteiger partial charge in [0.2, 0.25) is 0 Å². The third-order valence-corrected chi connectivity index (χ3v) is 2.87. The van der Waals surface area contributed by atoms with Crippen LogP contribution < -0.4 is 5.32 Å². The molecule has 0 spiro atoms. The standard InChI is InChI=1S/C10H23N3/c1-9-7-12(3)8-10(2)13(4)6-5-11-9/h9-11H,5-8H2,1-4H3. The quantitative estimate of drug-likeness (QED) is 0.583. The number of nitrogens with zero attached hydrogens (tertiary/aromatic N) is 2. The first kappa shape index (κ1) is 11.0.